The maximum Gasteiger partial charge on any atom is 0.225 e. The van der Waals surface area contributed by atoms with E-state index in [0.717, 1.165) is 57.6 Å². The highest BCUT2D eigenvalue weighted by molar-refractivity contribution is 6.32. The second kappa shape index (κ2) is 10.5. The molecule has 1 aromatic heterocycles. The van der Waals surface area contributed by atoms with Crippen molar-refractivity contribution in [2.24, 2.45) is 5.92 Å². The summed E-state index contributed by atoms with van der Waals surface area (Å²) in [7, 11) is 0. The van der Waals surface area contributed by atoms with Crippen LogP contribution in [0.15, 0.2) is 42.6 Å². The fraction of sp³-hybridized carbons (Fsp3) is 0.538. The van der Waals surface area contributed by atoms with E-state index in [9.17, 15) is 9.90 Å². The molecule has 2 aliphatic heterocycles. The Morgan fingerprint density at radius 1 is 1.18 bits per heavy atom. The molecule has 0 bridgehead atoms. The van der Waals surface area contributed by atoms with E-state index >= 15 is 0 Å². The summed E-state index contributed by atoms with van der Waals surface area (Å²) in [5, 5.41) is 15.0. The zero-order valence-electron chi connectivity index (χ0n) is 19.4. The van der Waals surface area contributed by atoms with Gasteiger partial charge in [-0.2, -0.15) is 0 Å². The van der Waals surface area contributed by atoms with Crippen molar-refractivity contribution in [1.29, 1.82) is 0 Å². The molecule has 0 spiro atoms. The Balaban J connectivity index is 1.26. The number of halogens is 1. The van der Waals surface area contributed by atoms with Crippen LogP contribution in [-0.2, 0) is 4.79 Å². The molecular weight excluding hydrogens is 452 g/mol. The zero-order chi connectivity index (χ0) is 23.5. The van der Waals surface area contributed by atoms with Crippen molar-refractivity contribution in [3.8, 4) is 5.75 Å². The molecule has 3 aliphatic rings. The van der Waals surface area contributed by atoms with Crippen LogP contribution in [0.25, 0.3) is 0 Å². The second-order valence-corrected chi connectivity index (χ2v) is 10.1. The summed E-state index contributed by atoms with van der Waals surface area (Å²) in [4.78, 5) is 22.1. The van der Waals surface area contributed by atoms with Gasteiger partial charge in [-0.15, -0.1) is 0 Å². The first-order chi connectivity index (χ1) is 16.6. The van der Waals surface area contributed by atoms with Gasteiger partial charge in [0, 0.05) is 25.8 Å². The van der Waals surface area contributed by atoms with Gasteiger partial charge in [0.25, 0.3) is 0 Å². The van der Waals surface area contributed by atoms with E-state index in [-0.39, 0.29) is 17.9 Å². The van der Waals surface area contributed by atoms with Crippen LogP contribution in [0.1, 0.15) is 43.8 Å². The van der Waals surface area contributed by atoms with Crippen LogP contribution in [0.3, 0.4) is 0 Å². The Kier molecular flexibility index (Phi) is 7.23. The van der Waals surface area contributed by atoms with Crippen LogP contribution in [0, 0.1) is 5.92 Å². The standard InChI is InChI=1S/C26H33ClN4O3/c27-21-15-18(6-9-23(21)34-20-7-8-20)25(32)22(17-30-12-3-4-13-30)29-26(33)19-10-14-31(16-19)24-5-1-2-11-28-24/h1-2,5-6,9,11,15,19-20,22,25,32H,3-4,7-8,10,12-14,16-17H2,(H,29,33)/t19?,22-,25-/m1/s1. The zero-order valence-corrected chi connectivity index (χ0v) is 20.2. The molecule has 34 heavy (non-hydrogen) atoms. The third-order valence-corrected chi connectivity index (χ3v) is 7.31. The summed E-state index contributed by atoms with van der Waals surface area (Å²) >= 11 is 6.46. The number of amides is 1. The number of pyridine rings is 1. The smallest absolute Gasteiger partial charge is 0.225 e. The molecule has 1 aliphatic carbocycles. The molecule has 5 rings (SSSR count). The van der Waals surface area contributed by atoms with Gasteiger partial charge < -0.3 is 25.0 Å². The first kappa shape index (κ1) is 23.4. The van der Waals surface area contributed by atoms with Gasteiger partial charge in [-0.25, -0.2) is 4.98 Å². The number of carbonyl (C=O) groups is 1. The molecule has 2 aromatic rings. The minimum Gasteiger partial charge on any atom is -0.489 e. The summed E-state index contributed by atoms with van der Waals surface area (Å²) in [6.45, 7) is 4.03. The Morgan fingerprint density at radius 2 is 2.00 bits per heavy atom. The van der Waals surface area contributed by atoms with Crippen LogP contribution in [-0.4, -0.2) is 65.8 Å². The number of aliphatic hydroxyl groups is 1. The second-order valence-electron chi connectivity index (χ2n) is 9.69. The Labute approximate surface area is 206 Å². The number of likely N-dealkylation sites (tertiary alicyclic amines) is 1. The average Bonchev–Trinajstić information content (AvgIpc) is 3.30. The predicted octanol–water partition coefficient (Wildman–Crippen LogP) is 3.42. The molecule has 1 amide bonds. The lowest BCUT2D eigenvalue weighted by Gasteiger charge is -2.30. The van der Waals surface area contributed by atoms with Gasteiger partial charge in [0.15, 0.2) is 0 Å². The highest BCUT2D eigenvalue weighted by atomic mass is 35.5. The highest BCUT2D eigenvalue weighted by Crippen LogP contribution is 2.34. The molecule has 0 radical (unpaired) electrons. The number of nitrogens with one attached hydrogen (secondary N) is 1. The number of aromatic nitrogens is 1. The van der Waals surface area contributed by atoms with E-state index < -0.39 is 12.1 Å². The predicted molar refractivity (Wildman–Crippen MR) is 132 cm³/mol. The Bertz CT molecular complexity index is 981. The van der Waals surface area contributed by atoms with Gasteiger partial charge >= 0.3 is 0 Å². The van der Waals surface area contributed by atoms with Gasteiger partial charge in [-0.1, -0.05) is 23.7 Å². The molecule has 8 heteroatoms. The minimum absolute atomic E-state index is 0.0125. The normalized spacial score (nSPS) is 22.5. The van der Waals surface area contributed by atoms with Gasteiger partial charge in [-0.05, 0) is 75.0 Å². The van der Waals surface area contributed by atoms with E-state index in [1.54, 1.807) is 12.3 Å². The number of ether oxygens (including phenoxy) is 1. The van der Waals surface area contributed by atoms with Crippen LogP contribution in [0.4, 0.5) is 5.82 Å². The minimum atomic E-state index is -0.856. The quantitative estimate of drug-likeness (QED) is 0.568. The summed E-state index contributed by atoms with van der Waals surface area (Å²) in [6.07, 6.45) is 6.37. The van der Waals surface area contributed by atoms with E-state index in [1.807, 2.05) is 30.3 Å². The molecule has 2 saturated heterocycles. The van der Waals surface area contributed by atoms with Gasteiger partial charge in [-0.3, -0.25) is 4.79 Å². The summed E-state index contributed by atoms with van der Waals surface area (Å²) < 4.78 is 5.84. The molecule has 3 heterocycles. The fourth-order valence-electron chi connectivity index (χ4n) is 4.89. The van der Waals surface area contributed by atoms with E-state index in [2.05, 4.69) is 20.1 Å². The van der Waals surface area contributed by atoms with Crippen LogP contribution in [0.2, 0.25) is 5.02 Å². The van der Waals surface area contributed by atoms with Crippen LogP contribution < -0.4 is 15.0 Å². The molecular formula is C26H33ClN4O3. The van der Waals surface area contributed by atoms with Crippen molar-refractivity contribution >= 4 is 23.3 Å². The van der Waals surface area contributed by atoms with Crippen molar-refractivity contribution in [2.45, 2.75) is 50.4 Å². The SMILES string of the molecule is O=C(N[C@H](CN1CCCC1)[C@H](O)c1ccc(OC2CC2)c(Cl)c1)C1CCN(c2ccccn2)C1. The van der Waals surface area contributed by atoms with Crippen LogP contribution >= 0.6 is 11.6 Å². The molecule has 3 fully saturated rings. The Morgan fingerprint density at radius 3 is 2.71 bits per heavy atom. The van der Waals surface area contributed by atoms with Gasteiger partial charge in [0.05, 0.1) is 23.1 Å². The van der Waals surface area contributed by atoms with Crippen molar-refractivity contribution in [3.63, 3.8) is 0 Å². The van der Waals surface area contributed by atoms with Crippen molar-refractivity contribution in [2.75, 3.05) is 37.6 Å². The maximum absolute atomic E-state index is 13.3. The highest BCUT2D eigenvalue weighted by Gasteiger charge is 2.33. The monoisotopic (exact) mass is 484 g/mol. The van der Waals surface area contributed by atoms with Crippen molar-refractivity contribution in [3.05, 3.63) is 53.2 Å². The number of hydrogen-bond acceptors (Lipinski definition) is 6. The third-order valence-electron chi connectivity index (χ3n) is 7.01. The molecule has 3 atom stereocenters. The van der Waals surface area contributed by atoms with Gasteiger partial charge in [0.2, 0.25) is 5.91 Å². The Hall–Kier alpha value is -2.35. The number of anilines is 1. The van der Waals surface area contributed by atoms with Crippen LogP contribution in [0.5, 0.6) is 5.75 Å². The molecule has 1 aromatic carbocycles. The lowest BCUT2D eigenvalue weighted by molar-refractivity contribution is -0.126. The number of aliphatic hydroxyl groups excluding tert-OH is 1. The lowest BCUT2D eigenvalue weighted by atomic mass is 10.00. The number of nitrogens with zero attached hydrogens (tertiary/aromatic N) is 3. The topological polar surface area (TPSA) is 77.9 Å². The third kappa shape index (κ3) is 5.65. The first-order valence-corrected chi connectivity index (χ1v) is 12.8. The number of rotatable bonds is 9. The summed E-state index contributed by atoms with van der Waals surface area (Å²) in [5.41, 5.74) is 0.694. The van der Waals surface area contributed by atoms with E-state index in [1.165, 1.54) is 0 Å². The number of carbonyl (C=O) groups excluding carboxylic acids is 1. The van der Waals surface area contributed by atoms with E-state index in [0.29, 0.717) is 29.4 Å². The fourth-order valence-corrected chi connectivity index (χ4v) is 5.12. The average molecular weight is 485 g/mol. The lowest BCUT2D eigenvalue weighted by Crippen LogP contribution is -2.48. The largest absolute Gasteiger partial charge is 0.489 e. The molecule has 1 saturated carbocycles. The van der Waals surface area contributed by atoms with Crippen molar-refractivity contribution < 1.29 is 14.6 Å². The summed E-state index contributed by atoms with van der Waals surface area (Å²) in [5.74, 6) is 1.41. The number of benzene rings is 1. The summed E-state index contributed by atoms with van der Waals surface area (Å²) in [6, 6.07) is 10.9. The molecule has 1 unspecified atom stereocenters. The van der Waals surface area contributed by atoms with Gasteiger partial charge in [0.1, 0.15) is 17.7 Å². The molecule has 182 valence electrons. The van der Waals surface area contributed by atoms with E-state index in [4.69, 9.17) is 16.3 Å². The molecule has 7 nitrogen and oxygen atoms in total. The maximum atomic E-state index is 13.3. The first-order valence-electron chi connectivity index (χ1n) is 12.4. The van der Waals surface area contributed by atoms with Crippen molar-refractivity contribution in [1.82, 2.24) is 15.2 Å². The molecule has 2 N–H and O–H groups in total. The number of hydrogen-bond donors (Lipinski definition) is 2.